The Labute approximate surface area is 232 Å². The minimum atomic E-state index is -0.799. The van der Waals surface area contributed by atoms with E-state index in [1.807, 2.05) is 0 Å². The Bertz CT molecular complexity index is 1050. The lowest BCUT2D eigenvalue weighted by Crippen LogP contribution is -2.54. The van der Waals surface area contributed by atoms with Crippen LogP contribution >= 0.6 is 23.5 Å². The van der Waals surface area contributed by atoms with E-state index in [-0.39, 0.29) is 72.7 Å². The van der Waals surface area contributed by atoms with E-state index in [1.165, 1.54) is 9.80 Å². The zero-order valence-corrected chi connectivity index (χ0v) is 24.2. The van der Waals surface area contributed by atoms with E-state index < -0.39 is 11.1 Å². The van der Waals surface area contributed by atoms with Crippen LogP contribution in [0.25, 0.3) is 0 Å². The van der Waals surface area contributed by atoms with E-state index in [9.17, 15) is 28.8 Å². The van der Waals surface area contributed by atoms with Crippen molar-refractivity contribution in [3.8, 4) is 0 Å². The van der Waals surface area contributed by atoms with Gasteiger partial charge in [-0.1, -0.05) is 0 Å². The summed E-state index contributed by atoms with van der Waals surface area (Å²) in [6.07, 6.45) is 5.76. The first-order valence-corrected chi connectivity index (χ1v) is 15.3. The number of ketones is 2. The molecule has 4 aliphatic rings. The summed E-state index contributed by atoms with van der Waals surface area (Å²) in [5.74, 6) is -0.0361. The summed E-state index contributed by atoms with van der Waals surface area (Å²) >= 11 is 3.12. The third kappa shape index (κ3) is 5.86. The van der Waals surface area contributed by atoms with Gasteiger partial charge in [0.15, 0.2) is 0 Å². The highest BCUT2D eigenvalue weighted by atomic mass is 32.2. The molecular weight excluding hydrogens is 524 g/mol. The van der Waals surface area contributed by atoms with E-state index in [0.717, 1.165) is 34.2 Å². The Balaban J connectivity index is 1.23. The average Bonchev–Trinajstić information content (AvgIpc) is 3.49. The Morgan fingerprint density at radius 1 is 0.711 bits per heavy atom. The van der Waals surface area contributed by atoms with Crippen molar-refractivity contribution in [2.24, 2.45) is 11.8 Å². The fraction of sp³-hybridized carbons (Fsp3) is 0.643. The van der Waals surface area contributed by atoms with Crippen molar-refractivity contribution < 1.29 is 28.8 Å². The van der Waals surface area contributed by atoms with Gasteiger partial charge >= 0.3 is 0 Å². The minimum absolute atomic E-state index is 0.0898. The molecule has 0 aromatic heterocycles. The van der Waals surface area contributed by atoms with Crippen LogP contribution in [-0.2, 0) is 28.8 Å². The summed E-state index contributed by atoms with van der Waals surface area (Å²) in [7, 11) is 0. The number of nitrogens with zero attached hydrogens (tertiary/aromatic N) is 2. The molecule has 2 fully saturated rings. The highest BCUT2D eigenvalue weighted by Gasteiger charge is 2.46. The lowest BCUT2D eigenvalue weighted by molar-refractivity contribution is -0.153. The molecule has 10 heteroatoms. The average molecular weight is 561 g/mol. The molecule has 206 valence electrons. The number of imide groups is 2. The van der Waals surface area contributed by atoms with Crippen LogP contribution in [-0.4, -0.2) is 67.6 Å². The molecule has 38 heavy (non-hydrogen) atoms. The van der Waals surface area contributed by atoms with E-state index >= 15 is 0 Å². The number of fused-ring (bicyclic) bond motifs is 2. The second kappa shape index (κ2) is 11.1. The van der Waals surface area contributed by atoms with Crippen molar-refractivity contribution >= 4 is 58.7 Å². The zero-order valence-electron chi connectivity index (χ0n) is 22.5. The summed E-state index contributed by atoms with van der Waals surface area (Å²) in [6, 6.07) is 0. The lowest BCUT2D eigenvalue weighted by atomic mass is 9.88. The van der Waals surface area contributed by atoms with Gasteiger partial charge in [0.25, 0.3) is 11.8 Å². The van der Waals surface area contributed by atoms with E-state index in [2.05, 4.69) is 0 Å². The fourth-order valence-corrected chi connectivity index (χ4v) is 7.97. The summed E-state index contributed by atoms with van der Waals surface area (Å²) in [6.45, 7) is 7.21. The Morgan fingerprint density at radius 3 is 1.45 bits per heavy atom. The number of Topliss-reactive ketones (excluding diaryl/α,β-unsaturated/α-hetero) is 2. The number of carbonyl (C=O) groups excluding carboxylic acids is 6. The van der Waals surface area contributed by atoms with Gasteiger partial charge in [0.2, 0.25) is 11.8 Å². The highest BCUT2D eigenvalue weighted by Crippen LogP contribution is 2.43. The molecule has 8 nitrogen and oxygen atoms in total. The second-order valence-electron chi connectivity index (χ2n) is 11.7. The summed E-state index contributed by atoms with van der Waals surface area (Å²) < 4.78 is 0. The molecule has 0 aliphatic carbocycles. The number of hydrogen-bond acceptors (Lipinski definition) is 8. The molecule has 2 atom stereocenters. The number of thioether (sulfide) groups is 2. The van der Waals surface area contributed by atoms with Gasteiger partial charge in [0, 0.05) is 58.7 Å². The maximum atomic E-state index is 13.0. The van der Waals surface area contributed by atoms with Crippen molar-refractivity contribution in [3.05, 3.63) is 22.0 Å². The van der Waals surface area contributed by atoms with E-state index in [0.29, 0.717) is 12.8 Å². The standard InChI is InChI=1S/C28H36N2O6S2/c1-27(2,29-23(33)15-21-19(25(29)35)9-13-37-21)11-7-17(31)5-6-18(32)8-12-28(3,4)30-24(34)16-22-20(26(30)36)10-14-38-22/h15-16,19-20H,5-14H2,1-4H3. The summed E-state index contributed by atoms with van der Waals surface area (Å²) in [5, 5.41) is 0. The molecule has 0 saturated carbocycles. The van der Waals surface area contributed by atoms with Gasteiger partial charge in [-0.25, -0.2) is 0 Å². The molecule has 2 saturated heterocycles. The monoisotopic (exact) mass is 560 g/mol. The van der Waals surface area contributed by atoms with Crippen molar-refractivity contribution in [2.75, 3.05) is 11.5 Å². The Hall–Kier alpha value is -2.20. The van der Waals surface area contributed by atoms with Gasteiger partial charge in [0.1, 0.15) is 11.6 Å². The minimum Gasteiger partial charge on any atom is -0.300 e. The molecule has 0 spiro atoms. The predicted molar refractivity (Wildman–Crippen MR) is 147 cm³/mol. The molecule has 2 unspecified atom stereocenters. The SMILES string of the molecule is CC(C)(CCC(=O)CCC(=O)CCC(C)(C)N1C(=O)C=C2SCCC2C1=O)N1C(=O)C=C2SCCC2C1=O. The molecule has 0 radical (unpaired) electrons. The maximum Gasteiger partial charge on any atom is 0.254 e. The fourth-order valence-electron chi connectivity index (χ4n) is 5.59. The van der Waals surface area contributed by atoms with Gasteiger partial charge in [0.05, 0.1) is 11.8 Å². The van der Waals surface area contributed by atoms with Crippen LogP contribution < -0.4 is 0 Å². The molecule has 4 amide bonds. The summed E-state index contributed by atoms with van der Waals surface area (Å²) in [4.78, 5) is 80.7. The highest BCUT2D eigenvalue weighted by molar-refractivity contribution is 8.03. The normalized spacial score (nSPS) is 23.9. The Kier molecular flexibility index (Phi) is 8.43. The topological polar surface area (TPSA) is 109 Å². The van der Waals surface area contributed by atoms with Gasteiger partial charge < -0.3 is 0 Å². The first-order valence-electron chi connectivity index (χ1n) is 13.3. The van der Waals surface area contributed by atoms with E-state index in [4.69, 9.17) is 0 Å². The third-order valence-corrected chi connectivity index (χ3v) is 10.3. The largest absolute Gasteiger partial charge is 0.300 e. The molecule has 0 N–H and O–H groups in total. The first-order chi connectivity index (χ1) is 17.8. The van der Waals surface area contributed by atoms with Gasteiger partial charge in [-0.3, -0.25) is 38.6 Å². The van der Waals surface area contributed by atoms with E-state index in [1.54, 1.807) is 63.4 Å². The quantitative estimate of drug-likeness (QED) is 0.349. The van der Waals surface area contributed by atoms with Gasteiger partial charge in [-0.15, -0.1) is 23.5 Å². The van der Waals surface area contributed by atoms with Crippen LogP contribution in [0.3, 0.4) is 0 Å². The number of amides is 4. The second-order valence-corrected chi connectivity index (χ2v) is 14.0. The van der Waals surface area contributed by atoms with Crippen molar-refractivity contribution in [3.63, 3.8) is 0 Å². The van der Waals surface area contributed by atoms with Crippen LogP contribution in [0.1, 0.15) is 79.1 Å². The molecule has 0 bridgehead atoms. The van der Waals surface area contributed by atoms with Crippen LogP contribution in [0.5, 0.6) is 0 Å². The predicted octanol–water partition coefficient (Wildman–Crippen LogP) is 4.03. The van der Waals surface area contributed by atoms with Crippen molar-refractivity contribution in [2.45, 2.75) is 90.1 Å². The van der Waals surface area contributed by atoms with Crippen molar-refractivity contribution in [1.29, 1.82) is 0 Å². The van der Waals surface area contributed by atoms with Gasteiger partial charge in [-0.2, -0.15) is 0 Å². The number of carbonyl (C=O) groups is 6. The summed E-state index contributed by atoms with van der Waals surface area (Å²) in [5.41, 5.74) is -1.60. The molecule has 0 aromatic carbocycles. The maximum absolute atomic E-state index is 13.0. The zero-order chi connectivity index (χ0) is 27.8. The number of hydrogen-bond donors (Lipinski definition) is 0. The molecule has 4 heterocycles. The van der Waals surface area contributed by atoms with Crippen molar-refractivity contribution in [1.82, 2.24) is 9.80 Å². The molecule has 4 aliphatic heterocycles. The first kappa shape index (κ1) is 28.8. The van der Waals surface area contributed by atoms with Crippen LogP contribution in [0.4, 0.5) is 0 Å². The molecular formula is C28H36N2O6S2. The van der Waals surface area contributed by atoms with Crippen LogP contribution in [0, 0.1) is 11.8 Å². The Morgan fingerprint density at radius 2 is 1.08 bits per heavy atom. The van der Waals surface area contributed by atoms with Crippen LogP contribution in [0.2, 0.25) is 0 Å². The molecule has 4 rings (SSSR count). The molecule has 0 aromatic rings. The van der Waals surface area contributed by atoms with Crippen LogP contribution in [0.15, 0.2) is 22.0 Å². The number of rotatable bonds is 11. The third-order valence-electron chi connectivity index (χ3n) is 7.97. The smallest absolute Gasteiger partial charge is 0.254 e. The van der Waals surface area contributed by atoms with Gasteiger partial charge in [-0.05, 0) is 64.9 Å². The lowest BCUT2D eigenvalue weighted by Gasteiger charge is -2.40.